The maximum atomic E-state index is 10.2. The monoisotopic (exact) mass is 307 g/mol. The first-order valence-corrected chi connectivity index (χ1v) is 8.29. The molecule has 0 amide bonds. The van der Waals surface area contributed by atoms with Crippen LogP contribution in [0.4, 0.5) is 0 Å². The molecule has 2 heterocycles. The van der Waals surface area contributed by atoms with Crippen molar-refractivity contribution in [3.05, 3.63) is 46.5 Å². The summed E-state index contributed by atoms with van der Waals surface area (Å²) >= 11 is 1.72. The predicted octanol–water partition coefficient (Wildman–Crippen LogP) is 2.88. The summed E-state index contributed by atoms with van der Waals surface area (Å²) in [4.78, 5) is 2.36. The molecule has 0 aromatic carbocycles. The van der Waals surface area contributed by atoms with Crippen LogP contribution in [-0.2, 0) is 17.9 Å². The van der Waals surface area contributed by atoms with Gasteiger partial charge in [-0.2, -0.15) is 11.3 Å². The highest BCUT2D eigenvalue weighted by Crippen LogP contribution is 2.28. The van der Waals surface area contributed by atoms with E-state index >= 15 is 0 Å². The second-order valence-electron chi connectivity index (χ2n) is 5.54. The van der Waals surface area contributed by atoms with Crippen LogP contribution in [0.3, 0.4) is 0 Å². The molecule has 1 atom stereocenters. The Hall–Kier alpha value is -1.14. The molecular formula is C16H21NO3S. The number of thiophene rings is 1. The van der Waals surface area contributed by atoms with Crippen LogP contribution in [-0.4, -0.2) is 35.3 Å². The van der Waals surface area contributed by atoms with Crippen LogP contribution in [0.15, 0.2) is 39.6 Å². The fourth-order valence-corrected chi connectivity index (χ4v) is 3.07. The second-order valence-corrected chi connectivity index (χ2v) is 6.32. The van der Waals surface area contributed by atoms with Gasteiger partial charge in [0.15, 0.2) is 0 Å². The average molecular weight is 307 g/mol. The number of ether oxygens (including phenoxy) is 1. The molecule has 0 spiro atoms. The molecule has 1 unspecified atom stereocenters. The smallest absolute Gasteiger partial charge is 0.129 e. The molecule has 3 rings (SSSR count). The van der Waals surface area contributed by atoms with E-state index in [-0.39, 0.29) is 0 Å². The molecule has 0 radical (unpaired) electrons. The van der Waals surface area contributed by atoms with Crippen LogP contribution in [0, 0.1) is 0 Å². The third-order valence-electron chi connectivity index (χ3n) is 3.61. The summed E-state index contributed by atoms with van der Waals surface area (Å²) in [7, 11) is 0. The van der Waals surface area contributed by atoms with Gasteiger partial charge in [-0.3, -0.25) is 4.90 Å². The minimum absolute atomic E-state index is 0.341. The normalized spacial score (nSPS) is 16.5. The third-order valence-corrected chi connectivity index (χ3v) is 4.34. The Morgan fingerprint density at radius 2 is 2.33 bits per heavy atom. The Bertz CT molecular complexity index is 508. The van der Waals surface area contributed by atoms with Gasteiger partial charge < -0.3 is 14.3 Å². The van der Waals surface area contributed by atoms with E-state index in [0.717, 1.165) is 12.3 Å². The number of hydrogen-bond donors (Lipinski definition) is 1. The van der Waals surface area contributed by atoms with Crippen LogP contribution in [0.2, 0.25) is 0 Å². The number of rotatable bonds is 9. The quantitative estimate of drug-likeness (QED) is 0.774. The number of furan rings is 1. The Kier molecular flexibility index (Phi) is 5.08. The fourth-order valence-electron chi connectivity index (χ4n) is 2.41. The number of aliphatic hydroxyl groups is 1. The molecule has 2 aromatic rings. The molecule has 5 heteroatoms. The number of nitrogens with zero attached hydrogens (tertiary/aromatic N) is 1. The fraction of sp³-hybridized carbons (Fsp3) is 0.500. The van der Waals surface area contributed by atoms with E-state index in [4.69, 9.17) is 9.15 Å². The molecule has 1 fully saturated rings. The summed E-state index contributed by atoms with van der Waals surface area (Å²) < 4.78 is 10.7. The Labute approximate surface area is 129 Å². The maximum absolute atomic E-state index is 10.2. The zero-order valence-corrected chi connectivity index (χ0v) is 12.8. The Morgan fingerprint density at radius 1 is 1.43 bits per heavy atom. The van der Waals surface area contributed by atoms with E-state index in [2.05, 4.69) is 21.7 Å². The molecule has 114 valence electrons. The summed E-state index contributed by atoms with van der Waals surface area (Å²) in [5, 5.41) is 14.4. The lowest BCUT2D eigenvalue weighted by Crippen LogP contribution is -2.36. The van der Waals surface area contributed by atoms with E-state index in [1.165, 1.54) is 18.4 Å². The molecule has 2 aromatic heterocycles. The highest BCUT2D eigenvalue weighted by Gasteiger charge is 2.30. The molecule has 21 heavy (non-hydrogen) atoms. The molecule has 0 aliphatic heterocycles. The molecule has 4 nitrogen and oxygen atoms in total. The maximum Gasteiger partial charge on any atom is 0.129 e. The van der Waals surface area contributed by atoms with Crippen molar-refractivity contribution in [2.75, 3.05) is 13.2 Å². The molecule has 0 bridgehead atoms. The van der Waals surface area contributed by atoms with Crippen LogP contribution in [0.1, 0.15) is 24.2 Å². The van der Waals surface area contributed by atoms with Crippen molar-refractivity contribution in [1.82, 2.24) is 4.90 Å². The molecule has 1 N–H and O–H groups in total. The number of hydrogen-bond acceptors (Lipinski definition) is 5. The van der Waals surface area contributed by atoms with Gasteiger partial charge in [-0.1, -0.05) is 0 Å². The van der Waals surface area contributed by atoms with E-state index < -0.39 is 6.10 Å². The van der Waals surface area contributed by atoms with Crippen molar-refractivity contribution in [1.29, 1.82) is 0 Å². The van der Waals surface area contributed by atoms with E-state index in [1.807, 2.05) is 12.1 Å². The zero-order valence-electron chi connectivity index (χ0n) is 12.0. The van der Waals surface area contributed by atoms with Gasteiger partial charge in [0.2, 0.25) is 0 Å². The number of aliphatic hydroxyl groups excluding tert-OH is 1. The molecule has 1 aliphatic carbocycles. The van der Waals surface area contributed by atoms with Crippen molar-refractivity contribution in [3.63, 3.8) is 0 Å². The highest BCUT2D eigenvalue weighted by molar-refractivity contribution is 7.07. The topological polar surface area (TPSA) is 45.8 Å². The lowest BCUT2D eigenvalue weighted by molar-refractivity contribution is 0.00248. The summed E-state index contributed by atoms with van der Waals surface area (Å²) in [6.07, 6.45) is 3.65. The van der Waals surface area contributed by atoms with E-state index in [1.54, 1.807) is 17.6 Å². The van der Waals surface area contributed by atoms with Gasteiger partial charge in [0.1, 0.15) is 12.4 Å². The van der Waals surface area contributed by atoms with Gasteiger partial charge >= 0.3 is 0 Å². The molecular weight excluding hydrogens is 286 g/mol. The standard InChI is InChI=1S/C16H21NO3S/c18-15(10-19-11-16-2-1-6-20-16)9-17(14-3-4-14)8-13-5-7-21-12-13/h1-2,5-7,12,14-15,18H,3-4,8-11H2. The summed E-state index contributed by atoms with van der Waals surface area (Å²) in [6.45, 7) is 2.34. The Balaban J connectivity index is 1.42. The first-order valence-electron chi connectivity index (χ1n) is 7.34. The minimum atomic E-state index is -0.459. The van der Waals surface area contributed by atoms with E-state index in [0.29, 0.717) is 25.8 Å². The van der Waals surface area contributed by atoms with Gasteiger partial charge in [0, 0.05) is 19.1 Å². The van der Waals surface area contributed by atoms with Crippen LogP contribution in [0.5, 0.6) is 0 Å². The predicted molar refractivity (Wildman–Crippen MR) is 82.1 cm³/mol. The minimum Gasteiger partial charge on any atom is -0.467 e. The zero-order chi connectivity index (χ0) is 14.5. The van der Waals surface area contributed by atoms with Crippen molar-refractivity contribution in [3.8, 4) is 0 Å². The summed E-state index contributed by atoms with van der Waals surface area (Å²) in [5.74, 6) is 0.791. The van der Waals surface area contributed by atoms with Gasteiger partial charge in [-0.15, -0.1) is 0 Å². The summed E-state index contributed by atoms with van der Waals surface area (Å²) in [6, 6.07) is 6.49. The van der Waals surface area contributed by atoms with Gasteiger partial charge in [-0.05, 0) is 47.4 Å². The van der Waals surface area contributed by atoms with Crippen LogP contribution < -0.4 is 0 Å². The molecule has 0 saturated heterocycles. The second kappa shape index (κ2) is 7.22. The van der Waals surface area contributed by atoms with Crippen molar-refractivity contribution < 1.29 is 14.3 Å². The lowest BCUT2D eigenvalue weighted by atomic mass is 10.2. The van der Waals surface area contributed by atoms with Crippen LogP contribution in [0.25, 0.3) is 0 Å². The Morgan fingerprint density at radius 3 is 3.00 bits per heavy atom. The van der Waals surface area contributed by atoms with E-state index in [9.17, 15) is 5.11 Å². The molecule has 1 aliphatic rings. The molecule has 1 saturated carbocycles. The van der Waals surface area contributed by atoms with Gasteiger partial charge in [-0.25, -0.2) is 0 Å². The summed E-state index contributed by atoms with van der Waals surface area (Å²) in [5.41, 5.74) is 1.33. The van der Waals surface area contributed by atoms with Crippen molar-refractivity contribution in [2.45, 2.75) is 38.1 Å². The average Bonchev–Trinajstić information content (AvgIpc) is 2.97. The third kappa shape index (κ3) is 4.68. The first-order chi connectivity index (χ1) is 10.3. The largest absolute Gasteiger partial charge is 0.467 e. The lowest BCUT2D eigenvalue weighted by Gasteiger charge is -2.24. The van der Waals surface area contributed by atoms with Crippen molar-refractivity contribution >= 4 is 11.3 Å². The first kappa shape index (κ1) is 14.8. The highest BCUT2D eigenvalue weighted by atomic mass is 32.1. The van der Waals surface area contributed by atoms with Gasteiger partial charge in [0.05, 0.1) is 19.0 Å². The SMILES string of the molecule is OC(COCc1ccco1)CN(Cc1ccsc1)C1CC1. The van der Waals surface area contributed by atoms with Gasteiger partial charge in [0.25, 0.3) is 0 Å². The van der Waals surface area contributed by atoms with Crippen LogP contribution >= 0.6 is 11.3 Å². The van der Waals surface area contributed by atoms with Crippen molar-refractivity contribution in [2.24, 2.45) is 0 Å².